The van der Waals surface area contributed by atoms with E-state index in [9.17, 15) is 0 Å². The van der Waals surface area contributed by atoms with Gasteiger partial charge in [0.25, 0.3) is 0 Å². The number of aromatic nitrogens is 2. The molecule has 4 rings (SSSR count). The van der Waals surface area contributed by atoms with Gasteiger partial charge in [-0.2, -0.15) is 0 Å². The maximum Gasteiger partial charge on any atom is 0.215 e. The van der Waals surface area contributed by atoms with E-state index >= 15 is 0 Å². The summed E-state index contributed by atoms with van der Waals surface area (Å²) in [6, 6.07) is 6.19. The fourth-order valence-corrected chi connectivity index (χ4v) is 3.76. The lowest BCUT2D eigenvalue weighted by atomic mass is 10.1. The molecule has 0 unspecified atom stereocenters. The van der Waals surface area contributed by atoms with E-state index in [0.29, 0.717) is 19.0 Å². The first kappa shape index (κ1) is 22.6. The summed E-state index contributed by atoms with van der Waals surface area (Å²) in [4.78, 5) is 18.4. The predicted molar refractivity (Wildman–Crippen MR) is 125 cm³/mol. The van der Waals surface area contributed by atoms with Crippen LogP contribution >= 0.6 is 0 Å². The van der Waals surface area contributed by atoms with Gasteiger partial charge in [-0.05, 0) is 37.1 Å². The summed E-state index contributed by atoms with van der Waals surface area (Å²) >= 11 is 0. The van der Waals surface area contributed by atoms with Gasteiger partial charge in [0.1, 0.15) is 6.61 Å². The Labute approximate surface area is 190 Å². The molecular formula is C24H33N5O3. The molecule has 8 nitrogen and oxygen atoms in total. The zero-order chi connectivity index (χ0) is 22.2. The van der Waals surface area contributed by atoms with Crippen LogP contribution in [0.3, 0.4) is 0 Å². The first-order chi connectivity index (χ1) is 15.7. The van der Waals surface area contributed by atoms with Crippen molar-refractivity contribution in [2.45, 2.75) is 20.4 Å². The van der Waals surface area contributed by atoms with Crippen LogP contribution in [-0.2, 0) is 16.0 Å². The summed E-state index contributed by atoms with van der Waals surface area (Å²) in [5.74, 6) is 0.650. The highest BCUT2D eigenvalue weighted by Gasteiger charge is 2.15. The van der Waals surface area contributed by atoms with E-state index in [0.717, 1.165) is 76.2 Å². The second-order valence-corrected chi connectivity index (χ2v) is 8.22. The number of pyridine rings is 2. The zero-order valence-corrected chi connectivity index (χ0v) is 19.1. The summed E-state index contributed by atoms with van der Waals surface area (Å²) < 4.78 is 17.0. The van der Waals surface area contributed by atoms with Crippen molar-refractivity contribution in [3.63, 3.8) is 0 Å². The number of ether oxygens (including phenoxy) is 3. The van der Waals surface area contributed by atoms with E-state index in [1.807, 2.05) is 18.5 Å². The molecule has 4 heterocycles. The number of hydrogen-bond acceptors (Lipinski definition) is 8. The molecule has 8 heteroatoms. The number of rotatable bonds is 8. The van der Waals surface area contributed by atoms with Gasteiger partial charge in [0.05, 0.1) is 44.4 Å². The van der Waals surface area contributed by atoms with Gasteiger partial charge in [0.2, 0.25) is 5.88 Å². The average molecular weight is 440 g/mol. The zero-order valence-electron chi connectivity index (χ0n) is 19.1. The number of aryl methyl sites for hydroxylation is 2. The number of morpholine rings is 2. The van der Waals surface area contributed by atoms with Crippen molar-refractivity contribution in [1.29, 1.82) is 0 Å². The second kappa shape index (κ2) is 11.4. The monoisotopic (exact) mass is 439 g/mol. The molecule has 2 saturated heterocycles. The summed E-state index contributed by atoms with van der Waals surface area (Å²) in [6.07, 6.45) is 3.70. The highest BCUT2D eigenvalue weighted by molar-refractivity contribution is 5.77. The molecule has 0 amide bonds. The third kappa shape index (κ3) is 6.48. The van der Waals surface area contributed by atoms with Crippen LogP contribution in [-0.4, -0.2) is 86.8 Å². The van der Waals surface area contributed by atoms with Crippen molar-refractivity contribution >= 4 is 11.9 Å². The largest absolute Gasteiger partial charge is 0.476 e. The van der Waals surface area contributed by atoms with Crippen LogP contribution in [0.2, 0.25) is 0 Å². The third-order valence-corrected chi connectivity index (χ3v) is 5.85. The van der Waals surface area contributed by atoms with E-state index in [-0.39, 0.29) is 0 Å². The molecule has 172 valence electrons. The van der Waals surface area contributed by atoms with E-state index in [1.165, 1.54) is 11.1 Å². The Hall–Kier alpha value is -2.55. The van der Waals surface area contributed by atoms with Crippen LogP contribution in [0, 0.1) is 13.8 Å². The van der Waals surface area contributed by atoms with E-state index in [1.54, 1.807) is 0 Å². The lowest BCUT2D eigenvalue weighted by Crippen LogP contribution is -2.38. The van der Waals surface area contributed by atoms with Crippen LogP contribution < -0.4 is 9.64 Å². The SMILES string of the molecule is Cc1cnc(C=NCc2cc(N3CCOCC3)cc(OCCN3CCOCC3)n2)cc1C. The molecule has 32 heavy (non-hydrogen) atoms. The average Bonchev–Trinajstić information content (AvgIpc) is 2.83. The van der Waals surface area contributed by atoms with Crippen molar-refractivity contribution in [2.75, 3.05) is 70.7 Å². The van der Waals surface area contributed by atoms with Gasteiger partial charge in [0.15, 0.2) is 0 Å². The van der Waals surface area contributed by atoms with Crippen molar-refractivity contribution in [3.05, 3.63) is 46.9 Å². The Bertz CT molecular complexity index is 909. The highest BCUT2D eigenvalue weighted by Crippen LogP contribution is 2.23. The van der Waals surface area contributed by atoms with Gasteiger partial charge >= 0.3 is 0 Å². The van der Waals surface area contributed by atoms with Crippen molar-refractivity contribution < 1.29 is 14.2 Å². The fraction of sp³-hybridized carbons (Fsp3) is 0.542. The van der Waals surface area contributed by atoms with E-state index in [4.69, 9.17) is 19.2 Å². The molecule has 0 aromatic carbocycles. The highest BCUT2D eigenvalue weighted by atomic mass is 16.5. The first-order valence-electron chi connectivity index (χ1n) is 11.4. The van der Waals surface area contributed by atoms with Crippen LogP contribution in [0.15, 0.2) is 29.4 Å². The number of anilines is 1. The van der Waals surface area contributed by atoms with Crippen LogP contribution in [0.5, 0.6) is 5.88 Å². The number of nitrogens with zero attached hydrogens (tertiary/aromatic N) is 5. The second-order valence-electron chi connectivity index (χ2n) is 8.22. The molecule has 2 aromatic heterocycles. The predicted octanol–water partition coefficient (Wildman–Crippen LogP) is 2.26. The molecular weight excluding hydrogens is 406 g/mol. The van der Waals surface area contributed by atoms with Gasteiger partial charge in [-0.15, -0.1) is 0 Å². The van der Waals surface area contributed by atoms with Crippen LogP contribution in [0.4, 0.5) is 5.69 Å². The Kier molecular flexibility index (Phi) is 8.03. The van der Waals surface area contributed by atoms with Crippen molar-refractivity contribution in [1.82, 2.24) is 14.9 Å². The quantitative estimate of drug-likeness (QED) is 0.584. The lowest BCUT2D eigenvalue weighted by molar-refractivity contribution is 0.0320. The maximum absolute atomic E-state index is 6.06. The molecule has 0 spiro atoms. The molecule has 0 radical (unpaired) electrons. The van der Waals surface area contributed by atoms with E-state index in [2.05, 4.69) is 45.8 Å². The van der Waals surface area contributed by atoms with Gasteiger partial charge in [-0.25, -0.2) is 4.98 Å². The minimum Gasteiger partial charge on any atom is -0.476 e. The van der Waals surface area contributed by atoms with Gasteiger partial charge in [0, 0.05) is 56.9 Å². The van der Waals surface area contributed by atoms with Crippen LogP contribution in [0.1, 0.15) is 22.5 Å². The minimum atomic E-state index is 0.479. The number of hydrogen-bond donors (Lipinski definition) is 0. The Morgan fingerprint density at radius 1 is 1.00 bits per heavy atom. The smallest absolute Gasteiger partial charge is 0.215 e. The molecule has 2 aliphatic heterocycles. The lowest BCUT2D eigenvalue weighted by Gasteiger charge is -2.29. The third-order valence-electron chi connectivity index (χ3n) is 5.85. The molecule has 0 atom stereocenters. The minimum absolute atomic E-state index is 0.479. The van der Waals surface area contributed by atoms with Crippen molar-refractivity contribution in [3.8, 4) is 5.88 Å². The van der Waals surface area contributed by atoms with Gasteiger partial charge in [-0.3, -0.25) is 14.9 Å². The van der Waals surface area contributed by atoms with Gasteiger partial charge in [-0.1, -0.05) is 0 Å². The molecule has 0 saturated carbocycles. The molecule has 0 aliphatic carbocycles. The van der Waals surface area contributed by atoms with E-state index < -0.39 is 0 Å². The topological polar surface area (TPSA) is 72.3 Å². The number of aliphatic imine (C=N–C) groups is 1. The van der Waals surface area contributed by atoms with Gasteiger partial charge < -0.3 is 19.1 Å². The molecule has 2 aromatic rings. The standard InChI is InChI=1S/C24H33N5O3/c1-19-13-21(26-16-20(19)2)17-25-18-22-14-23(29-6-10-31-11-7-29)15-24(27-22)32-12-5-28-3-8-30-9-4-28/h13-17H,3-12,18H2,1-2H3. The molecule has 0 N–H and O–H groups in total. The summed E-state index contributed by atoms with van der Waals surface area (Å²) in [5, 5.41) is 0. The molecule has 0 bridgehead atoms. The first-order valence-corrected chi connectivity index (χ1v) is 11.4. The molecule has 2 fully saturated rings. The molecule has 2 aliphatic rings. The maximum atomic E-state index is 6.06. The summed E-state index contributed by atoms with van der Waals surface area (Å²) in [5.41, 5.74) is 5.25. The summed E-state index contributed by atoms with van der Waals surface area (Å²) in [6.45, 7) is 12.8. The van der Waals surface area contributed by atoms with Crippen molar-refractivity contribution in [2.24, 2.45) is 4.99 Å². The fourth-order valence-electron chi connectivity index (χ4n) is 3.76. The Morgan fingerprint density at radius 3 is 2.50 bits per heavy atom. The Balaban J connectivity index is 1.43. The summed E-state index contributed by atoms with van der Waals surface area (Å²) in [7, 11) is 0. The van der Waals surface area contributed by atoms with Crippen LogP contribution in [0.25, 0.3) is 0 Å². The Morgan fingerprint density at radius 2 is 1.75 bits per heavy atom. The normalized spacial score (nSPS) is 17.8.